The van der Waals surface area contributed by atoms with Crippen LogP contribution >= 0.6 is 0 Å². The number of rotatable bonds is 3. The largest absolute Gasteiger partial charge is 0.343 e. The fraction of sp³-hybridized carbons (Fsp3) is 0.714. The molecule has 0 aromatic heterocycles. The molecule has 2 aliphatic heterocycles. The zero-order chi connectivity index (χ0) is 12.7. The van der Waals surface area contributed by atoms with Gasteiger partial charge in [-0.15, -0.1) is 0 Å². The average Bonchev–Trinajstić information content (AvgIpc) is 3.13. The third-order valence-corrected chi connectivity index (χ3v) is 4.40. The van der Waals surface area contributed by atoms with Gasteiger partial charge in [-0.1, -0.05) is 0 Å². The molecule has 2 fully saturated rings. The Balaban J connectivity index is 1.54. The summed E-state index contributed by atoms with van der Waals surface area (Å²) < 4.78 is 5.43. The smallest absolute Gasteiger partial charge is 0.248 e. The number of fused-ring (bicyclic) bond motifs is 1. The van der Waals surface area contributed by atoms with Crippen molar-refractivity contribution < 1.29 is 14.3 Å². The molecule has 2 unspecified atom stereocenters. The van der Waals surface area contributed by atoms with Crippen molar-refractivity contribution in [3.8, 4) is 0 Å². The Labute approximate surface area is 107 Å². The van der Waals surface area contributed by atoms with E-state index in [1.54, 1.807) is 13.0 Å². The van der Waals surface area contributed by atoms with Gasteiger partial charge in [-0.05, 0) is 44.6 Å². The normalized spacial score (nSPS) is 38.5. The molecule has 0 aromatic rings. The van der Waals surface area contributed by atoms with Gasteiger partial charge in [0.15, 0.2) is 6.23 Å². The van der Waals surface area contributed by atoms with Crippen LogP contribution in [0, 0.1) is 11.8 Å². The predicted molar refractivity (Wildman–Crippen MR) is 65.6 cm³/mol. The zero-order valence-electron chi connectivity index (χ0n) is 10.7. The lowest BCUT2D eigenvalue weighted by Gasteiger charge is -2.31. The van der Waals surface area contributed by atoms with E-state index in [1.807, 2.05) is 11.0 Å². The van der Waals surface area contributed by atoms with Crippen LogP contribution in [0.5, 0.6) is 0 Å². The lowest BCUT2D eigenvalue weighted by molar-refractivity contribution is -0.129. The second kappa shape index (κ2) is 4.50. The van der Waals surface area contributed by atoms with Crippen molar-refractivity contribution in [3.63, 3.8) is 0 Å². The Morgan fingerprint density at radius 1 is 1.39 bits per heavy atom. The van der Waals surface area contributed by atoms with Crippen LogP contribution in [0.4, 0.5) is 0 Å². The maximum Gasteiger partial charge on any atom is 0.248 e. The fourth-order valence-corrected chi connectivity index (χ4v) is 3.13. The summed E-state index contributed by atoms with van der Waals surface area (Å²) >= 11 is 0. The van der Waals surface area contributed by atoms with E-state index < -0.39 is 0 Å². The molecule has 3 aliphatic rings. The van der Waals surface area contributed by atoms with Crippen molar-refractivity contribution in [2.75, 3.05) is 6.54 Å². The topological polar surface area (TPSA) is 49.9 Å². The fourth-order valence-electron chi connectivity index (χ4n) is 3.13. The molecule has 0 aromatic carbocycles. The number of ketones is 1. The summed E-state index contributed by atoms with van der Waals surface area (Å²) in [6.07, 6.45) is 7.65. The highest BCUT2D eigenvalue weighted by atomic mass is 16.6. The van der Waals surface area contributed by atoms with E-state index in [4.69, 9.17) is 4.74 Å². The zero-order valence-corrected chi connectivity index (χ0v) is 10.7. The van der Waals surface area contributed by atoms with Gasteiger partial charge in [0.05, 0.1) is 0 Å². The van der Waals surface area contributed by atoms with E-state index in [0.29, 0.717) is 11.7 Å². The summed E-state index contributed by atoms with van der Waals surface area (Å²) in [5.74, 6) is 1.17. The second-order valence-electron chi connectivity index (χ2n) is 5.67. The summed E-state index contributed by atoms with van der Waals surface area (Å²) in [5.41, 5.74) is 0. The standard InChI is InChI=1S/C14H19NO3/c1-9(16)11-4-2-10(3-5-11)8-15-13(17)7-6-12-14(15)18-12/h6-7,10-12,14H,2-5,8H2,1H3. The van der Waals surface area contributed by atoms with Crippen LogP contribution in [0.25, 0.3) is 0 Å². The van der Waals surface area contributed by atoms with E-state index in [9.17, 15) is 9.59 Å². The minimum atomic E-state index is -0.00645. The first-order valence-electron chi connectivity index (χ1n) is 6.80. The summed E-state index contributed by atoms with van der Waals surface area (Å²) in [6.45, 7) is 2.47. The Bertz CT molecular complexity index is 396. The van der Waals surface area contributed by atoms with Crippen LogP contribution in [0.15, 0.2) is 12.2 Å². The number of hydrogen-bond acceptors (Lipinski definition) is 3. The summed E-state index contributed by atoms with van der Waals surface area (Å²) in [5, 5.41) is 0. The highest BCUT2D eigenvalue weighted by Crippen LogP contribution is 2.35. The molecule has 98 valence electrons. The van der Waals surface area contributed by atoms with Crippen LogP contribution in [0.1, 0.15) is 32.6 Å². The van der Waals surface area contributed by atoms with Crippen LogP contribution in [0.3, 0.4) is 0 Å². The molecule has 1 saturated carbocycles. The third-order valence-electron chi connectivity index (χ3n) is 4.40. The van der Waals surface area contributed by atoms with E-state index >= 15 is 0 Å². The molecule has 1 aliphatic carbocycles. The molecule has 2 heterocycles. The second-order valence-corrected chi connectivity index (χ2v) is 5.67. The van der Waals surface area contributed by atoms with Gasteiger partial charge in [0.25, 0.3) is 0 Å². The molecular weight excluding hydrogens is 230 g/mol. The Morgan fingerprint density at radius 3 is 2.78 bits per heavy atom. The molecule has 1 amide bonds. The molecular formula is C14H19NO3. The van der Waals surface area contributed by atoms with Crippen molar-refractivity contribution in [1.29, 1.82) is 0 Å². The molecule has 1 saturated heterocycles. The van der Waals surface area contributed by atoms with Gasteiger partial charge in [0, 0.05) is 18.5 Å². The molecule has 2 atom stereocenters. The summed E-state index contributed by atoms with van der Waals surface area (Å²) in [6, 6.07) is 0. The first-order valence-corrected chi connectivity index (χ1v) is 6.80. The van der Waals surface area contributed by atoms with E-state index in [0.717, 1.165) is 32.2 Å². The number of nitrogens with zero attached hydrogens (tertiary/aromatic N) is 1. The van der Waals surface area contributed by atoms with Crippen molar-refractivity contribution in [1.82, 2.24) is 4.90 Å². The Hall–Kier alpha value is -1.16. The highest BCUT2D eigenvalue weighted by molar-refractivity contribution is 5.89. The van der Waals surface area contributed by atoms with Gasteiger partial charge in [-0.3, -0.25) is 9.59 Å². The molecule has 0 spiro atoms. The van der Waals surface area contributed by atoms with Gasteiger partial charge in [0.2, 0.25) is 5.91 Å². The van der Waals surface area contributed by atoms with E-state index in [-0.39, 0.29) is 24.2 Å². The van der Waals surface area contributed by atoms with Crippen LogP contribution in [0.2, 0.25) is 0 Å². The van der Waals surface area contributed by atoms with Gasteiger partial charge in [-0.2, -0.15) is 0 Å². The van der Waals surface area contributed by atoms with Gasteiger partial charge in [0.1, 0.15) is 11.9 Å². The molecule has 0 bridgehead atoms. The number of Topliss-reactive ketones (excluding diaryl/α,β-unsaturated/α-hetero) is 1. The van der Waals surface area contributed by atoms with Crippen LogP contribution < -0.4 is 0 Å². The minimum Gasteiger partial charge on any atom is -0.343 e. The van der Waals surface area contributed by atoms with Gasteiger partial charge >= 0.3 is 0 Å². The van der Waals surface area contributed by atoms with Crippen molar-refractivity contribution in [2.45, 2.75) is 44.9 Å². The lowest BCUT2D eigenvalue weighted by atomic mass is 9.80. The third kappa shape index (κ3) is 2.21. The Kier molecular flexibility index (Phi) is 2.98. The van der Waals surface area contributed by atoms with E-state index in [1.165, 1.54) is 0 Å². The van der Waals surface area contributed by atoms with Gasteiger partial charge < -0.3 is 9.64 Å². The quantitative estimate of drug-likeness (QED) is 0.712. The summed E-state index contributed by atoms with van der Waals surface area (Å²) in [4.78, 5) is 24.9. The van der Waals surface area contributed by atoms with Crippen LogP contribution in [-0.4, -0.2) is 35.5 Å². The van der Waals surface area contributed by atoms with Crippen molar-refractivity contribution >= 4 is 11.7 Å². The van der Waals surface area contributed by atoms with Crippen molar-refractivity contribution in [2.24, 2.45) is 11.8 Å². The van der Waals surface area contributed by atoms with Crippen molar-refractivity contribution in [3.05, 3.63) is 12.2 Å². The minimum absolute atomic E-state index is 0.00645. The number of hydrogen-bond donors (Lipinski definition) is 0. The van der Waals surface area contributed by atoms with E-state index in [2.05, 4.69) is 0 Å². The Morgan fingerprint density at radius 2 is 2.11 bits per heavy atom. The molecule has 4 nitrogen and oxygen atoms in total. The molecule has 4 heteroatoms. The molecule has 0 N–H and O–H groups in total. The monoisotopic (exact) mass is 249 g/mol. The molecule has 3 rings (SSSR count). The lowest BCUT2D eigenvalue weighted by Crippen LogP contribution is -2.40. The predicted octanol–water partition coefficient (Wildman–Crippen LogP) is 1.51. The number of epoxide rings is 1. The summed E-state index contributed by atoms with van der Waals surface area (Å²) in [7, 11) is 0. The number of ether oxygens (including phenoxy) is 1. The van der Waals surface area contributed by atoms with Crippen LogP contribution in [-0.2, 0) is 14.3 Å². The average molecular weight is 249 g/mol. The number of carbonyl (C=O) groups excluding carboxylic acids is 2. The first-order chi connectivity index (χ1) is 8.65. The molecule has 18 heavy (non-hydrogen) atoms. The molecule has 0 radical (unpaired) electrons. The maximum absolute atomic E-state index is 11.8. The number of amides is 1. The SMILES string of the molecule is CC(=O)C1CCC(CN2C(=O)C=CC3OC32)CC1. The maximum atomic E-state index is 11.8. The van der Waals surface area contributed by atoms with Gasteiger partial charge in [-0.25, -0.2) is 0 Å². The first kappa shape index (κ1) is 11.9. The highest BCUT2D eigenvalue weighted by Gasteiger charge is 2.47. The number of carbonyl (C=O) groups is 2.